The van der Waals surface area contributed by atoms with Crippen LogP contribution in [0, 0.1) is 13.8 Å². The molecular formula is C18H18N4OS. The van der Waals surface area contributed by atoms with Gasteiger partial charge in [0.1, 0.15) is 16.9 Å². The van der Waals surface area contributed by atoms with Crippen LogP contribution in [-0.2, 0) is 0 Å². The van der Waals surface area contributed by atoms with E-state index in [9.17, 15) is 0 Å². The van der Waals surface area contributed by atoms with Crippen LogP contribution in [0.4, 0.5) is 5.82 Å². The lowest BCUT2D eigenvalue weighted by Gasteiger charge is -2.02. The molecule has 1 aromatic carbocycles. The van der Waals surface area contributed by atoms with Gasteiger partial charge in [0.15, 0.2) is 5.82 Å². The Hall–Kier alpha value is -2.73. The number of ether oxygens (including phenoxy) is 1. The Morgan fingerprint density at radius 2 is 2.04 bits per heavy atom. The summed E-state index contributed by atoms with van der Waals surface area (Å²) in [6.07, 6.45) is 7.05. The molecule has 0 fully saturated rings. The van der Waals surface area contributed by atoms with Crippen LogP contribution in [0.2, 0.25) is 0 Å². The number of aromatic nitrogens is 2. The molecule has 0 aliphatic carbocycles. The zero-order chi connectivity index (χ0) is 16.9. The summed E-state index contributed by atoms with van der Waals surface area (Å²) in [6, 6.07) is 7.82. The summed E-state index contributed by atoms with van der Waals surface area (Å²) < 4.78 is 5.31. The molecule has 0 bridgehead atoms. The number of nitrogens with one attached hydrogen (secondary N) is 1. The number of aryl methyl sites for hydroxylation is 2. The normalized spacial score (nSPS) is 11.6. The molecule has 0 saturated carbocycles. The zero-order valence-electron chi connectivity index (χ0n) is 13.8. The largest absolute Gasteiger partial charge is 0.496 e. The number of rotatable bonds is 5. The van der Waals surface area contributed by atoms with E-state index >= 15 is 0 Å². The zero-order valence-corrected chi connectivity index (χ0v) is 14.6. The number of nitrogens with zero attached hydrogens (tertiary/aromatic N) is 3. The third-order valence-electron chi connectivity index (χ3n) is 3.71. The molecule has 6 heteroatoms. The fraction of sp³-hybridized carbons (Fsp3) is 0.167. The molecule has 0 atom stereocenters. The van der Waals surface area contributed by atoms with Gasteiger partial charge in [0.2, 0.25) is 0 Å². The molecule has 3 rings (SSSR count). The lowest BCUT2D eigenvalue weighted by molar-refractivity contribution is 0.414. The topological polar surface area (TPSA) is 59.4 Å². The molecule has 3 aromatic rings. The summed E-state index contributed by atoms with van der Waals surface area (Å²) in [4.78, 5) is 10.8. The Labute approximate surface area is 144 Å². The third-order valence-corrected chi connectivity index (χ3v) is 4.83. The highest BCUT2D eigenvalue weighted by Crippen LogP contribution is 2.32. The van der Waals surface area contributed by atoms with E-state index in [4.69, 9.17) is 4.74 Å². The van der Waals surface area contributed by atoms with E-state index in [-0.39, 0.29) is 0 Å². The molecule has 24 heavy (non-hydrogen) atoms. The van der Waals surface area contributed by atoms with Crippen LogP contribution in [0.1, 0.15) is 16.0 Å². The number of methoxy groups -OCH3 is 1. The highest BCUT2D eigenvalue weighted by molar-refractivity contribution is 7.18. The highest BCUT2D eigenvalue weighted by Gasteiger charge is 2.10. The van der Waals surface area contributed by atoms with Gasteiger partial charge in [-0.05, 0) is 37.6 Å². The second-order valence-electron chi connectivity index (χ2n) is 5.18. The lowest BCUT2D eigenvalue weighted by Crippen LogP contribution is -1.94. The van der Waals surface area contributed by atoms with E-state index in [1.165, 1.54) is 10.4 Å². The monoisotopic (exact) mass is 338 g/mol. The van der Waals surface area contributed by atoms with Crippen molar-refractivity contribution in [3.05, 3.63) is 52.7 Å². The van der Waals surface area contributed by atoms with Crippen LogP contribution in [0.3, 0.4) is 0 Å². The molecular weight excluding hydrogens is 320 g/mol. The van der Waals surface area contributed by atoms with Crippen LogP contribution in [0.25, 0.3) is 16.3 Å². The predicted octanol–water partition coefficient (Wildman–Crippen LogP) is 4.43. The van der Waals surface area contributed by atoms with Gasteiger partial charge in [-0.2, -0.15) is 5.10 Å². The van der Waals surface area contributed by atoms with Gasteiger partial charge in [-0.3, -0.25) is 5.43 Å². The second kappa shape index (κ2) is 7.23. The molecule has 0 spiro atoms. The summed E-state index contributed by atoms with van der Waals surface area (Å²) in [6.45, 7) is 4.17. The van der Waals surface area contributed by atoms with Crippen LogP contribution in [-0.4, -0.2) is 23.3 Å². The standard InChI is InChI=1S/C18H18N4OS/c1-12-13(2)24-18-16(12)17(19-11-20-18)22-21-10-6-8-14-7-4-5-9-15(14)23-3/h4-11H,1-3H3,(H,19,20,22). The number of thiophene rings is 1. The summed E-state index contributed by atoms with van der Waals surface area (Å²) in [7, 11) is 1.66. The van der Waals surface area contributed by atoms with Gasteiger partial charge in [-0.1, -0.05) is 18.2 Å². The van der Waals surface area contributed by atoms with Crippen molar-refractivity contribution < 1.29 is 4.74 Å². The number of fused-ring (bicyclic) bond motifs is 1. The van der Waals surface area contributed by atoms with Gasteiger partial charge in [-0.15, -0.1) is 11.3 Å². The summed E-state index contributed by atoms with van der Waals surface area (Å²) >= 11 is 1.67. The molecule has 0 radical (unpaired) electrons. The van der Waals surface area contributed by atoms with Gasteiger partial charge < -0.3 is 4.74 Å². The first-order chi connectivity index (χ1) is 11.7. The van der Waals surface area contributed by atoms with Crippen molar-refractivity contribution in [1.29, 1.82) is 0 Å². The first-order valence-electron chi connectivity index (χ1n) is 7.50. The second-order valence-corrected chi connectivity index (χ2v) is 6.38. The maximum atomic E-state index is 5.31. The van der Waals surface area contributed by atoms with Crippen LogP contribution < -0.4 is 10.2 Å². The van der Waals surface area contributed by atoms with Crippen molar-refractivity contribution in [3.63, 3.8) is 0 Å². The molecule has 2 aromatic heterocycles. The summed E-state index contributed by atoms with van der Waals surface area (Å²) in [5.41, 5.74) is 5.19. The average molecular weight is 338 g/mol. The van der Waals surface area contributed by atoms with E-state index in [0.717, 1.165) is 27.3 Å². The van der Waals surface area contributed by atoms with Crippen molar-refractivity contribution in [2.24, 2.45) is 5.10 Å². The minimum atomic E-state index is 0.726. The van der Waals surface area contributed by atoms with Crippen molar-refractivity contribution in [2.75, 3.05) is 12.5 Å². The van der Waals surface area contributed by atoms with Crippen molar-refractivity contribution in [1.82, 2.24) is 9.97 Å². The number of para-hydroxylation sites is 1. The molecule has 122 valence electrons. The first-order valence-corrected chi connectivity index (χ1v) is 8.32. The Balaban J connectivity index is 1.74. The van der Waals surface area contributed by atoms with Crippen molar-refractivity contribution >= 4 is 39.7 Å². The number of hydrazone groups is 1. The fourth-order valence-corrected chi connectivity index (χ4v) is 3.36. The predicted molar refractivity (Wildman–Crippen MR) is 101 cm³/mol. The molecule has 0 saturated heterocycles. The third kappa shape index (κ3) is 3.28. The Morgan fingerprint density at radius 3 is 2.88 bits per heavy atom. The quantitative estimate of drug-likeness (QED) is 0.552. The van der Waals surface area contributed by atoms with Crippen LogP contribution >= 0.6 is 11.3 Å². The number of allylic oxidation sites excluding steroid dienone is 1. The molecule has 0 aliphatic heterocycles. The number of benzene rings is 1. The maximum absolute atomic E-state index is 5.31. The Morgan fingerprint density at radius 1 is 1.21 bits per heavy atom. The molecule has 0 aliphatic rings. The molecule has 1 N–H and O–H groups in total. The molecule has 5 nitrogen and oxygen atoms in total. The van der Waals surface area contributed by atoms with Gasteiger partial charge >= 0.3 is 0 Å². The van der Waals surface area contributed by atoms with Gasteiger partial charge in [0.05, 0.1) is 12.5 Å². The van der Waals surface area contributed by atoms with Crippen LogP contribution in [0.15, 0.2) is 41.8 Å². The smallest absolute Gasteiger partial charge is 0.158 e. The minimum absolute atomic E-state index is 0.726. The van der Waals surface area contributed by atoms with Crippen molar-refractivity contribution in [2.45, 2.75) is 13.8 Å². The molecule has 2 heterocycles. The van der Waals surface area contributed by atoms with E-state index in [1.54, 1.807) is 31.0 Å². The van der Waals surface area contributed by atoms with Gasteiger partial charge in [0, 0.05) is 16.7 Å². The summed E-state index contributed by atoms with van der Waals surface area (Å²) in [5, 5.41) is 5.26. The minimum Gasteiger partial charge on any atom is -0.496 e. The van der Waals surface area contributed by atoms with Crippen molar-refractivity contribution in [3.8, 4) is 5.75 Å². The lowest BCUT2D eigenvalue weighted by atomic mass is 10.2. The average Bonchev–Trinajstić information content (AvgIpc) is 2.90. The highest BCUT2D eigenvalue weighted by atomic mass is 32.1. The molecule has 0 amide bonds. The first kappa shape index (κ1) is 16.1. The SMILES string of the molecule is COc1ccccc1C=CC=NNc1ncnc2sc(C)c(C)c12. The van der Waals surface area contributed by atoms with E-state index in [1.807, 2.05) is 36.4 Å². The fourth-order valence-electron chi connectivity index (χ4n) is 2.36. The number of anilines is 1. The van der Waals surface area contributed by atoms with E-state index in [2.05, 4.69) is 34.3 Å². The number of hydrogen-bond acceptors (Lipinski definition) is 6. The maximum Gasteiger partial charge on any atom is 0.158 e. The van der Waals surface area contributed by atoms with E-state index in [0.29, 0.717) is 0 Å². The summed E-state index contributed by atoms with van der Waals surface area (Å²) in [5.74, 6) is 1.56. The molecule has 0 unspecified atom stereocenters. The van der Waals surface area contributed by atoms with Crippen LogP contribution in [0.5, 0.6) is 5.75 Å². The van der Waals surface area contributed by atoms with E-state index < -0.39 is 0 Å². The number of hydrogen-bond donors (Lipinski definition) is 1. The Kier molecular flexibility index (Phi) is 4.86. The Bertz CT molecular complexity index is 915. The van der Waals surface area contributed by atoms with Gasteiger partial charge in [0.25, 0.3) is 0 Å². The van der Waals surface area contributed by atoms with Gasteiger partial charge in [-0.25, -0.2) is 9.97 Å².